The summed E-state index contributed by atoms with van der Waals surface area (Å²) < 4.78 is 15.5. The molecule has 1 aromatic rings. The Bertz CT molecular complexity index is 404. The minimum Gasteiger partial charge on any atom is -0.285 e. The molecule has 0 unspecified atom stereocenters. The number of nitrogens with zero attached hydrogens (tertiary/aromatic N) is 2. The first kappa shape index (κ1) is 8.44. The predicted molar refractivity (Wildman–Crippen MR) is 58.5 cm³/mol. The van der Waals surface area contributed by atoms with Crippen LogP contribution in [0.3, 0.4) is 0 Å². The normalized spacial score (nSPS) is 18.9. The van der Waals surface area contributed by atoms with Gasteiger partial charge in [0.25, 0.3) is 0 Å². The third-order valence-corrected chi connectivity index (χ3v) is 4.52. The first-order valence-corrected chi connectivity index (χ1v) is 5.63. The van der Waals surface area contributed by atoms with Crippen LogP contribution in [-0.4, -0.2) is 24.2 Å². The van der Waals surface area contributed by atoms with E-state index < -0.39 is 9.89 Å². The topological polar surface area (TPSA) is 23.6 Å². The number of para-hydroxylation sites is 2. The van der Waals surface area contributed by atoms with Gasteiger partial charge in [0.05, 0.1) is 11.4 Å². The Hall–Kier alpha value is -1.16. The summed E-state index contributed by atoms with van der Waals surface area (Å²) in [5, 5.41) is 0. The Labute approximate surface area is 78.9 Å². The van der Waals surface area contributed by atoms with Gasteiger partial charge < -0.3 is 0 Å². The van der Waals surface area contributed by atoms with Gasteiger partial charge in [0.15, 0.2) is 0 Å². The Morgan fingerprint density at radius 1 is 1.15 bits per heavy atom. The molecule has 0 aliphatic carbocycles. The lowest BCUT2D eigenvalue weighted by Gasteiger charge is -2.19. The van der Waals surface area contributed by atoms with Crippen LogP contribution in [0.4, 0.5) is 11.4 Å². The average Bonchev–Trinajstić information content (AvgIpc) is 2.30. The zero-order valence-corrected chi connectivity index (χ0v) is 8.54. The quantitative estimate of drug-likeness (QED) is 0.570. The molecule has 0 atom stereocenters. The van der Waals surface area contributed by atoms with E-state index in [1.807, 2.05) is 24.3 Å². The Morgan fingerprint density at radius 2 is 1.54 bits per heavy atom. The number of hydrogen-bond donors (Lipinski definition) is 0. The third kappa shape index (κ3) is 0.951. The number of hydrogen-bond acceptors (Lipinski definition) is 1. The molecule has 0 N–H and O–H groups in total. The maximum absolute atomic E-state index is 12.0. The van der Waals surface area contributed by atoms with Crippen molar-refractivity contribution in [1.82, 2.24) is 0 Å². The molecule has 0 spiro atoms. The van der Waals surface area contributed by atoms with Crippen molar-refractivity contribution < 1.29 is 4.21 Å². The first-order chi connectivity index (χ1) is 6.05. The summed E-state index contributed by atoms with van der Waals surface area (Å²) in [6, 6.07) is 7.77. The van der Waals surface area contributed by atoms with E-state index in [9.17, 15) is 4.21 Å². The van der Waals surface area contributed by atoms with E-state index in [1.165, 1.54) is 0 Å². The van der Waals surface area contributed by atoms with E-state index in [0.29, 0.717) is 0 Å². The van der Waals surface area contributed by atoms with Crippen LogP contribution in [0.1, 0.15) is 0 Å². The zero-order valence-electron chi connectivity index (χ0n) is 7.73. The van der Waals surface area contributed by atoms with Crippen molar-refractivity contribution in [3.8, 4) is 0 Å². The van der Waals surface area contributed by atoms with Gasteiger partial charge in [-0.1, -0.05) is 12.1 Å². The number of fused-ring (bicyclic) bond motifs is 1. The summed E-state index contributed by atoms with van der Waals surface area (Å²) in [4.78, 5) is 0. The molecule has 13 heavy (non-hydrogen) atoms. The van der Waals surface area contributed by atoms with E-state index in [2.05, 4.69) is 5.87 Å². The average molecular weight is 196 g/mol. The summed E-state index contributed by atoms with van der Waals surface area (Å²) >= 11 is 0. The Kier molecular flexibility index (Phi) is 1.57. The van der Waals surface area contributed by atoms with Crippen LogP contribution in [0.25, 0.3) is 0 Å². The van der Waals surface area contributed by atoms with Gasteiger partial charge in [0.2, 0.25) is 0 Å². The molecule has 1 aromatic carbocycles. The van der Waals surface area contributed by atoms with Crippen molar-refractivity contribution in [2.45, 2.75) is 0 Å². The van der Waals surface area contributed by atoms with Crippen molar-refractivity contribution in [2.75, 3.05) is 22.7 Å². The molecule has 0 aromatic heterocycles. The van der Waals surface area contributed by atoms with Crippen LogP contribution < -0.4 is 8.61 Å². The van der Waals surface area contributed by atoms with Crippen LogP contribution in [-0.2, 0) is 9.89 Å². The molecular weight excluding hydrogens is 184 g/mol. The fourth-order valence-corrected chi connectivity index (χ4v) is 2.78. The SMILES string of the molecule is C=S1(=O)N(C)c2ccccc2N1C. The molecule has 0 fully saturated rings. The lowest BCUT2D eigenvalue weighted by molar-refractivity contribution is 0.680. The fourth-order valence-electron chi connectivity index (χ4n) is 1.49. The second-order valence-electron chi connectivity index (χ2n) is 3.09. The van der Waals surface area contributed by atoms with Gasteiger partial charge >= 0.3 is 0 Å². The highest BCUT2D eigenvalue weighted by atomic mass is 32.2. The summed E-state index contributed by atoms with van der Waals surface area (Å²) in [6.45, 7) is 0. The standard InChI is InChI=1S/C9H12N2OS/c1-10-8-6-4-5-7-9(8)11(2)13(10,3)12/h4-7H,3H2,1-2H3. The van der Waals surface area contributed by atoms with Gasteiger partial charge in [-0.3, -0.25) is 8.61 Å². The fraction of sp³-hybridized carbons (Fsp3) is 0.222. The predicted octanol–water partition coefficient (Wildman–Crippen LogP) is 1.12. The van der Waals surface area contributed by atoms with Crippen LogP contribution in [0.15, 0.2) is 24.3 Å². The maximum atomic E-state index is 12.0. The van der Waals surface area contributed by atoms with E-state index in [0.717, 1.165) is 11.4 Å². The Balaban J connectivity index is 2.71. The highest BCUT2D eigenvalue weighted by Crippen LogP contribution is 2.37. The minimum atomic E-state index is -2.30. The minimum absolute atomic E-state index is 0.977. The number of anilines is 2. The van der Waals surface area contributed by atoms with Crippen molar-refractivity contribution >= 4 is 27.1 Å². The third-order valence-electron chi connectivity index (χ3n) is 2.42. The van der Waals surface area contributed by atoms with Crippen molar-refractivity contribution in [3.63, 3.8) is 0 Å². The second kappa shape index (κ2) is 2.42. The summed E-state index contributed by atoms with van der Waals surface area (Å²) in [5.74, 6) is 3.73. The van der Waals surface area contributed by atoms with Crippen LogP contribution in [0.5, 0.6) is 0 Å². The summed E-state index contributed by atoms with van der Waals surface area (Å²) in [7, 11) is 1.31. The molecule has 2 rings (SSSR count). The van der Waals surface area contributed by atoms with E-state index in [1.54, 1.807) is 22.7 Å². The molecule has 0 radical (unpaired) electrons. The number of benzene rings is 1. The maximum Gasteiger partial charge on any atom is 0.133 e. The van der Waals surface area contributed by atoms with Gasteiger partial charge in [0, 0.05) is 14.1 Å². The van der Waals surface area contributed by atoms with Gasteiger partial charge in [0.1, 0.15) is 9.89 Å². The van der Waals surface area contributed by atoms with E-state index >= 15 is 0 Å². The molecule has 0 saturated heterocycles. The lowest BCUT2D eigenvalue weighted by Crippen LogP contribution is -2.32. The van der Waals surface area contributed by atoms with E-state index in [4.69, 9.17) is 0 Å². The van der Waals surface area contributed by atoms with Crippen LogP contribution in [0.2, 0.25) is 0 Å². The van der Waals surface area contributed by atoms with Crippen LogP contribution >= 0.6 is 0 Å². The lowest BCUT2D eigenvalue weighted by atomic mass is 10.3. The van der Waals surface area contributed by atoms with Gasteiger partial charge in [-0.25, -0.2) is 4.21 Å². The molecule has 0 bridgehead atoms. The largest absolute Gasteiger partial charge is 0.285 e. The molecule has 1 heterocycles. The molecule has 0 saturated carbocycles. The molecule has 0 amide bonds. The molecule has 1 aliphatic heterocycles. The zero-order chi connectivity index (χ0) is 9.64. The highest BCUT2D eigenvalue weighted by Gasteiger charge is 2.29. The Morgan fingerprint density at radius 3 is 1.92 bits per heavy atom. The second-order valence-corrected chi connectivity index (χ2v) is 5.40. The van der Waals surface area contributed by atoms with Gasteiger partial charge in [-0.05, 0) is 18.0 Å². The van der Waals surface area contributed by atoms with E-state index in [-0.39, 0.29) is 0 Å². The smallest absolute Gasteiger partial charge is 0.133 e. The molecular formula is C9H12N2OS. The van der Waals surface area contributed by atoms with Gasteiger partial charge in [-0.15, -0.1) is 0 Å². The summed E-state index contributed by atoms with van der Waals surface area (Å²) in [5.41, 5.74) is 1.95. The number of rotatable bonds is 0. The summed E-state index contributed by atoms with van der Waals surface area (Å²) in [6.07, 6.45) is 0. The molecule has 1 aliphatic rings. The molecule has 3 nitrogen and oxygen atoms in total. The van der Waals surface area contributed by atoms with Crippen molar-refractivity contribution in [1.29, 1.82) is 0 Å². The van der Waals surface area contributed by atoms with Crippen LogP contribution in [0, 0.1) is 0 Å². The first-order valence-electron chi connectivity index (χ1n) is 3.99. The molecule has 4 heteroatoms. The highest BCUT2D eigenvalue weighted by molar-refractivity contribution is 8.03. The van der Waals surface area contributed by atoms with Gasteiger partial charge in [-0.2, -0.15) is 0 Å². The molecule has 70 valence electrons. The monoisotopic (exact) mass is 196 g/mol. The van der Waals surface area contributed by atoms with Crippen molar-refractivity contribution in [2.24, 2.45) is 0 Å². The van der Waals surface area contributed by atoms with Crippen molar-refractivity contribution in [3.05, 3.63) is 24.3 Å².